The van der Waals surface area contributed by atoms with Crippen LogP contribution in [0.3, 0.4) is 0 Å². The van der Waals surface area contributed by atoms with E-state index in [1.54, 1.807) is 31.2 Å². The van der Waals surface area contributed by atoms with Crippen LogP contribution in [0.5, 0.6) is 0 Å². The van der Waals surface area contributed by atoms with Crippen molar-refractivity contribution in [2.75, 3.05) is 11.9 Å². The van der Waals surface area contributed by atoms with Crippen LogP contribution in [0.25, 0.3) is 5.69 Å². The number of halogens is 1. The summed E-state index contributed by atoms with van der Waals surface area (Å²) in [5, 5.41) is 17.8. The molecule has 3 aromatic rings. The highest BCUT2D eigenvalue weighted by molar-refractivity contribution is 6.30. The van der Waals surface area contributed by atoms with Crippen molar-refractivity contribution < 1.29 is 19.2 Å². The van der Waals surface area contributed by atoms with Gasteiger partial charge in [-0.15, -0.1) is 0 Å². The van der Waals surface area contributed by atoms with E-state index in [0.717, 1.165) is 0 Å². The highest BCUT2D eigenvalue weighted by Crippen LogP contribution is 2.23. The minimum absolute atomic E-state index is 0.0490. The minimum Gasteiger partial charge on any atom is -0.451 e. The van der Waals surface area contributed by atoms with Crippen LogP contribution in [0, 0.1) is 17.0 Å². The zero-order valence-corrected chi connectivity index (χ0v) is 16.8. The molecule has 0 unspecified atom stereocenters. The molecule has 0 saturated heterocycles. The van der Waals surface area contributed by atoms with Gasteiger partial charge in [-0.3, -0.25) is 19.7 Å². The fraction of sp³-hybridized carbons (Fsp3) is 0.100. The number of carbonyl (C=O) groups excluding carboxylic acids is 2. The van der Waals surface area contributed by atoms with Crippen LogP contribution in [0.4, 0.5) is 11.4 Å². The van der Waals surface area contributed by atoms with Crippen molar-refractivity contribution in [2.24, 2.45) is 0 Å². The van der Waals surface area contributed by atoms with Gasteiger partial charge in [0.2, 0.25) is 11.1 Å². The Hall–Kier alpha value is -4.05. The lowest BCUT2D eigenvalue weighted by molar-refractivity contribution is -0.383. The van der Waals surface area contributed by atoms with Gasteiger partial charge in [-0.1, -0.05) is 23.7 Å². The molecule has 1 aromatic heterocycles. The van der Waals surface area contributed by atoms with E-state index in [4.69, 9.17) is 16.3 Å². The minimum atomic E-state index is -1.11. The van der Waals surface area contributed by atoms with Crippen molar-refractivity contribution in [1.29, 1.82) is 0 Å². The summed E-state index contributed by atoms with van der Waals surface area (Å²) in [5.74, 6) is -1.92. The van der Waals surface area contributed by atoms with E-state index < -0.39 is 34.5 Å². The highest BCUT2D eigenvalue weighted by atomic mass is 35.5. The Morgan fingerprint density at radius 2 is 1.87 bits per heavy atom. The maximum Gasteiger partial charge on any atom is 0.363 e. The number of para-hydroxylation sites is 2. The molecular weight excluding hydrogens is 428 g/mol. The number of anilines is 1. The first-order valence-corrected chi connectivity index (χ1v) is 9.21. The molecule has 3 rings (SSSR count). The van der Waals surface area contributed by atoms with Gasteiger partial charge in [0.15, 0.2) is 6.61 Å². The third-order valence-corrected chi connectivity index (χ3v) is 4.33. The van der Waals surface area contributed by atoms with Crippen molar-refractivity contribution >= 4 is 34.9 Å². The Morgan fingerprint density at radius 1 is 1.19 bits per heavy atom. The number of aryl methyl sites for hydroxylation is 1. The Balaban J connectivity index is 1.74. The van der Waals surface area contributed by atoms with Crippen LogP contribution in [-0.2, 0) is 9.53 Å². The molecule has 0 aliphatic carbocycles. The molecule has 158 valence electrons. The monoisotopic (exact) mass is 442 g/mol. The quantitative estimate of drug-likeness (QED) is 0.352. The lowest BCUT2D eigenvalue weighted by atomic mass is 10.2. The van der Waals surface area contributed by atoms with Crippen molar-refractivity contribution in [3.63, 3.8) is 0 Å². The van der Waals surface area contributed by atoms with Gasteiger partial charge in [-0.05, 0) is 37.3 Å². The zero-order chi connectivity index (χ0) is 22.5. The predicted molar refractivity (Wildman–Crippen MR) is 112 cm³/mol. The molecule has 0 aliphatic heterocycles. The SMILES string of the molecule is Cc1cc(=O)c(C(=O)OCC(=O)Nc2ccccc2[N+](=O)[O-])nn1-c1ccc(Cl)cc1. The van der Waals surface area contributed by atoms with Crippen LogP contribution < -0.4 is 10.7 Å². The van der Waals surface area contributed by atoms with E-state index in [1.807, 2.05) is 0 Å². The summed E-state index contributed by atoms with van der Waals surface area (Å²) >= 11 is 5.87. The summed E-state index contributed by atoms with van der Waals surface area (Å²) in [6.45, 7) is 0.874. The summed E-state index contributed by atoms with van der Waals surface area (Å²) in [7, 11) is 0. The van der Waals surface area contributed by atoms with Crippen LogP contribution in [0.2, 0.25) is 5.02 Å². The third kappa shape index (κ3) is 5.11. The van der Waals surface area contributed by atoms with Crippen LogP contribution in [0.1, 0.15) is 16.2 Å². The van der Waals surface area contributed by atoms with E-state index in [-0.39, 0.29) is 11.4 Å². The first-order chi connectivity index (χ1) is 14.8. The number of nitro groups is 1. The largest absolute Gasteiger partial charge is 0.451 e. The Morgan fingerprint density at radius 3 is 2.55 bits per heavy atom. The number of nitrogens with one attached hydrogen (secondary N) is 1. The second kappa shape index (κ2) is 9.18. The van der Waals surface area contributed by atoms with Gasteiger partial charge in [0.05, 0.1) is 10.6 Å². The predicted octanol–water partition coefficient (Wildman–Crippen LogP) is 2.90. The first-order valence-electron chi connectivity index (χ1n) is 8.83. The number of benzene rings is 2. The molecule has 0 atom stereocenters. The molecule has 0 spiro atoms. The molecule has 2 aromatic carbocycles. The first kappa shape index (κ1) is 21.7. The second-order valence-electron chi connectivity index (χ2n) is 6.29. The molecule has 1 amide bonds. The van der Waals surface area contributed by atoms with Gasteiger partial charge in [-0.25, -0.2) is 9.48 Å². The third-order valence-electron chi connectivity index (χ3n) is 4.08. The molecule has 0 radical (unpaired) electrons. The van der Waals surface area contributed by atoms with E-state index in [2.05, 4.69) is 10.4 Å². The number of nitro benzene ring substituents is 1. The number of amides is 1. The molecular formula is C20H15ClN4O6. The van der Waals surface area contributed by atoms with E-state index in [9.17, 15) is 24.5 Å². The number of hydrogen-bond acceptors (Lipinski definition) is 7. The number of rotatable bonds is 6. The van der Waals surface area contributed by atoms with Gasteiger partial charge < -0.3 is 10.1 Å². The van der Waals surface area contributed by atoms with E-state index in [0.29, 0.717) is 16.4 Å². The fourth-order valence-electron chi connectivity index (χ4n) is 2.66. The fourth-order valence-corrected chi connectivity index (χ4v) is 2.78. The second-order valence-corrected chi connectivity index (χ2v) is 6.72. The number of esters is 1. The van der Waals surface area contributed by atoms with E-state index >= 15 is 0 Å². The average molecular weight is 443 g/mol. The van der Waals surface area contributed by atoms with Crippen LogP contribution >= 0.6 is 11.6 Å². The van der Waals surface area contributed by atoms with Gasteiger partial charge in [0.1, 0.15) is 5.69 Å². The molecule has 1 heterocycles. The topological polar surface area (TPSA) is 133 Å². The van der Waals surface area contributed by atoms with Crippen molar-refractivity contribution in [2.45, 2.75) is 6.92 Å². The molecule has 11 heteroatoms. The maximum atomic E-state index is 12.3. The highest BCUT2D eigenvalue weighted by Gasteiger charge is 2.20. The van der Waals surface area contributed by atoms with Gasteiger partial charge in [0, 0.05) is 22.8 Å². The number of carbonyl (C=O) groups is 2. The zero-order valence-electron chi connectivity index (χ0n) is 16.1. The molecule has 0 aliphatic rings. The van der Waals surface area contributed by atoms with Crippen molar-refractivity contribution in [3.05, 3.63) is 91.3 Å². The molecule has 0 fully saturated rings. The normalized spacial score (nSPS) is 10.4. The standard InChI is InChI=1S/C20H15ClN4O6/c1-12-10-17(26)19(23-24(12)14-8-6-13(21)7-9-14)20(28)31-11-18(27)22-15-4-2-3-5-16(15)25(29)30/h2-10H,11H2,1H3,(H,22,27). The summed E-state index contributed by atoms with van der Waals surface area (Å²) in [6, 6.07) is 13.3. The molecule has 0 bridgehead atoms. The Kier molecular flexibility index (Phi) is 6.41. The van der Waals surface area contributed by atoms with Crippen LogP contribution in [0.15, 0.2) is 59.4 Å². The molecule has 10 nitrogen and oxygen atoms in total. The smallest absolute Gasteiger partial charge is 0.363 e. The average Bonchev–Trinajstić information content (AvgIpc) is 2.73. The molecule has 31 heavy (non-hydrogen) atoms. The molecule has 1 N–H and O–H groups in total. The number of nitrogens with zero attached hydrogens (tertiary/aromatic N) is 3. The maximum absolute atomic E-state index is 12.3. The summed E-state index contributed by atoms with van der Waals surface area (Å²) in [4.78, 5) is 46.9. The summed E-state index contributed by atoms with van der Waals surface area (Å²) < 4.78 is 6.24. The molecule has 0 saturated carbocycles. The summed E-state index contributed by atoms with van der Waals surface area (Å²) in [6.07, 6.45) is 0. The van der Waals surface area contributed by atoms with Gasteiger partial charge >= 0.3 is 5.97 Å². The number of ether oxygens (including phenoxy) is 1. The van der Waals surface area contributed by atoms with E-state index in [1.165, 1.54) is 35.0 Å². The Bertz CT molecular complexity index is 1220. The van der Waals surface area contributed by atoms with Crippen molar-refractivity contribution in [1.82, 2.24) is 9.78 Å². The number of hydrogen-bond donors (Lipinski definition) is 1. The lowest BCUT2D eigenvalue weighted by Crippen LogP contribution is -2.27. The van der Waals surface area contributed by atoms with Gasteiger partial charge in [-0.2, -0.15) is 5.10 Å². The van der Waals surface area contributed by atoms with Crippen LogP contribution in [-0.4, -0.2) is 33.2 Å². The lowest BCUT2D eigenvalue weighted by Gasteiger charge is -2.11. The van der Waals surface area contributed by atoms with Crippen molar-refractivity contribution in [3.8, 4) is 5.69 Å². The van der Waals surface area contributed by atoms with Gasteiger partial charge in [0.25, 0.3) is 11.6 Å². The number of aromatic nitrogens is 2. The Labute approximate surface area is 180 Å². The summed E-state index contributed by atoms with van der Waals surface area (Å²) in [5.41, 5.74) is -0.519.